The molecule has 0 spiro atoms. The Morgan fingerprint density at radius 2 is 1.16 bits per heavy atom. The Kier molecular flexibility index (Phi) is 4.87. The van der Waals surface area contributed by atoms with Gasteiger partial charge in [-0.1, -0.05) is 12.1 Å². The van der Waals surface area contributed by atoms with Gasteiger partial charge in [0.2, 0.25) is 0 Å². The summed E-state index contributed by atoms with van der Waals surface area (Å²) in [6.07, 6.45) is 0. The summed E-state index contributed by atoms with van der Waals surface area (Å²) in [5, 5.41) is 21.8. The van der Waals surface area contributed by atoms with Gasteiger partial charge in [0, 0.05) is 23.3 Å². The molecule has 0 radical (unpaired) electrons. The van der Waals surface area contributed by atoms with E-state index >= 15 is 0 Å². The summed E-state index contributed by atoms with van der Waals surface area (Å²) in [6.45, 7) is 3.01. The van der Waals surface area contributed by atoms with Gasteiger partial charge in [-0.2, -0.15) is 0 Å². The van der Waals surface area contributed by atoms with Crippen LogP contribution in [0.2, 0.25) is 0 Å². The molecule has 0 N–H and O–H groups in total. The molecule has 0 saturated carbocycles. The number of nitro benzene ring substituents is 2. The first-order chi connectivity index (χ1) is 11.7. The molecule has 25 heavy (non-hydrogen) atoms. The summed E-state index contributed by atoms with van der Waals surface area (Å²) >= 11 is 0. The molecule has 0 saturated heterocycles. The second-order valence-electron chi connectivity index (χ2n) is 5.19. The molecule has 2 aromatic rings. The van der Waals surface area contributed by atoms with E-state index in [0.29, 0.717) is 11.1 Å². The van der Waals surface area contributed by atoms with Gasteiger partial charge >= 0.3 is 11.9 Å². The van der Waals surface area contributed by atoms with Crippen molar-refractivity contribution in [3.05, 3.63) is 78.9 Å². The number of carbonyl (C=O) groups excluding carboxylic acids is 2. The maximum absolute atomic E-state index is 12.0. The highest BCUT2D eigenvalue weighted by Crippen LogP contribution is 2.22. The van der Waals surface area contributed by atoms with Crippen molar-refractivity contribution in [1.82, 2.24) is 0 Å². The van der Waals surface area contributed by atoms with Gasteiger partial charge in [0.25, 0.3) is 11.4 Å². The number of hydrogen-bond donors (Lipinski definition) is 0. The van der Waals surface area contributed by atoms with Gasteiger partial charge in [0.1, 0.15) is 0 Å². The molecule has 0 aliphatic carbocycles. The maximum Gasteiger partial charge on any atom is 0.346 e. The van der Waals surface area contributed by atoms with Gasteiger partial charge in [-0.3, -0.25) is 20.2 Å². The Balaban J connectivity index is 2.25. The van der Waals surface area contributed by atoms with Crippen molar-refractivity contribution in [1.29, 1.82) is 0 Å². The van der Waals surface area contributed by atoms with E-state index in [-0.39, 0.29) is 22.5 Å². The summed E-state index contributed by atoms with van der Waals surface area (Å²) in [5.41, 5.74) is -0.218. The van der Waals surface area contributed by atoms with Crippen LogP contribution in [0.1, 0.15) is 31.8 Å². The minimum Gasteiger partial charge on any atom is -0.386 e. The number of rotatable bonds is 4. The fraction of sp³-hybridized carbons (Fsp3) is 0.125. The molecular weight excluding hydrogens is 332 g/mol. The van der Waals surface area contributed by atoms with Crippen LogP contribution in [0.3, 0.4) is 0 Å². The average molecular weight is 344 g/mol. The summed E-state index contributed by atoms with van der Waals surface area (Å²) in [4.78, 5) is 44.5. The quantitative estimate of drug-likeness (QED) is 0.360. The molecular formula is C16H12N2O7. The summed E-state index contributed by atoms with van der Waals surface area (Å²) < 4.78 is 4.65. The van der Waals surface area contributed by atoms with Crippen LogP contribution in [0.15, 0.2) is 36.4 Å². The Morgan fingerprint density at radius 1 is 0.800 bits per heavy atom. The number of nitrogens with zero attached hydrogens (tertiary/aromatic N) is 2. The zero-order valence-corrected chi connectivity index (χ0v) is 13.2. The molecule has 9 heteroatoms. The Bertz CT molecular complexity index is 832. The van der Waals surface area contributed by atoms with Crippen molar-refractivity contribution in [2.45, 2.75) is 13.8 Å². The lowest BCUT2D eigenvalue weighted by atomic mass is 10.1. The van der Waals surface area contributed by atoms with Crippen LogP contribution in [-0.4, -0.2) is 21.8 Å². The van der Waals surface area contributed by atoms with Gasteiger partial charge in [0.05, 0.1) is 21.0 Å². The zero-order chi connectivity index (χ0) is 18.7. The smallest absolute Gasteiger partial charge is 0.346 e. The van der Waals surface area contributed by atoms with Gasteiger partial charge < -0.3 is 4.74 Å². The number of esters is 2. The molecule has 0 atom stereocenters. The van der Waals surface area contributed by atoms with E-state index in [1.807, 2.05) is 0 Å². The highest BCUT2D eigenvalue weighted by molar-refractivity contribution is 6.03. The van der Waals surface area contributed by atoms with E-state index in [0.717, 1.165) is 12.1 Å². The molecule has 0 aliphatic heterocycles. The minimum atomic E-state index is -1.09. The molecule has 0 fully saturated rings. The lowest BCUT2D eigenvalue weighted by molar-refractivity contribution is -0.385. The predicted molar refractivity (Wildman–Crippen MR) is 85.4 cm³/mol. The Morgan fingerprint density at radius 3 is 1.48 bits per heavy atom. The second kappa shape index (κ2) is 6.87. The van der Waals surface area contributed by atoms with Crippen molar-refractivity contribution in [2.24, 2.45) is 0 Å². The van der Waals surface area contributed by atoms with E-state index in [2.05, 4.69) is 4.74 Å². The lowest BCUT2D eigenvalue weighted by Crippen LogP contribution is -2.13. The molecule has 2 rings (SSSR count). The van der Waals surface area contributed by atoms with Crippen LogP contribution < -0.4 is 0 Å². The largest absolute Gasteiger partial charge is 0.386 e. The third-order valence-electron chi connectivity index (χ3n) is 3.47. The molecule has 0 amide bonds. The normalized spacial score (nSPS) is 10.2. The van der Waals surface area contributed by atoms with Gasteiger partial charge in [0.15, 0.2) is 0 Å². The summed E-state index contributed by atoms with van der Waals surface area (Å²) in [6, 6.07) is 7.29. The minimum absolute atomic E-state index is 0.174. The third-order valence-corrected chi connectivity index (χ3v) is 3.47. The van der Waals surface area contributed by atoms with Crippen molar-refractivity contribution < 1.29 is 24.2 Å². The van der Waals surface area contributed by atoms with Crippen LogP contribution in [0, 0.1) is 34.1 Å². The van der Waals surface area contributed by atoms with E-state index in [1.54, 1.807) is 0 Å². The molecule has 0 bridgehead atoms. The fourth-order valence-corrected chi connectivity index (χ4v) is 2.07. The summed E-state index contributed by atoms with van der Waals surface area (Å²) in [7, 11) is 0. The predicted octanol–water partition coefficient (Wildman–Crippen LogP) is 3.12. The second-order valence-corrected chi connectivity index (χ2v) is 5.19. The monoisotopic (exact) mass is 344 g/mol. The average Bonchev–Trinajstić information content (AvgIpc) is 2.54. The van der Waals surface area contributed by atoms with Crippen LogP contribution in [0.5, 0.6) is 0 Å². The van der Waals surface area contributed by atoms with Crippen LogP contribution in [-0.2, 0) is 4.74 Å². The van der Waals surface area contributed by atoms with E-state index in [1.165, 1.54) is 38.1 Å². The number of benzene rings is 2. The molecule has 0 aliphatic rings. The molecule has 9 nitrogen and oxygen atoms in total. The van der Waals surface area contributed by atoms with E-state index in [9.17, 15) is 29.8 Å². The molecule has 128 valence electrons. The van der Waals surface area contributed by atoms with E-state index in [4.69, 9.17) is 0 Å². The topological polar surface area (TPSA) is 130 Å². The third kappa shape index (κ3) is 3.83. The summed E-state index contributed by atoms with van der Waals surface area (Å²) in [5.74, 6) is -2.17. The van der Waals surface area contributed by atoms with Gasteiger partial charge in [-0.15, -0.1) is 0 Å². The highest BCUT2D eigenvalue weighted by atomic mass is 16.6. The Labute approximate surface area is 141 Å². The first-order valence-corrected chi connectivity index (χ1v) is 6.97. The van der Waals surface area contributed by atoms with Crippen molar-refractivity contribution in [3.8, 4) is 0 Å². The number of nitro groups is 2. The first-order valence-electron chi connectivity index (χ1n) is 6.97. The van der Waals surface area contributed by atoms with Gasteiger partial charge in [-0.25, -0.2) is 9.59 Å². The number of carbonyl (C=O) groups is 2. The van der Waals surface area contributed by atoms with E-state index < -0.39 is 21.8 Å². The molecule has 2 aromatic carbocycles. The molecule has 0 unspecified atom stereocenters. The standard InChI is InChI=1S/C16H12N2O7/c1-9-3-5-11(7-13(9)17(21)22)15(19)25-16(20)12-6-4-10(2)14(8-12)18(23)24/h3-8H,1-2H3. The van der Waals surface area contributed by atoms with Crippen LogP contribution >= 0.6 is 0 Å². The molecule has 0 heterocycles. The number of aryl methyl sites for hydroxylation is 2. The number of hydrogen-bond acceptors (Lipinski definition) is 7. The first kappa shape index (κ1) is 17.7. The molecule has 0 aromatic heterocycles. The van der Waals surface area contributed by atoms with Crippen LogP contribution in [0.4, 0.5) is 11.4 Å². The SMILES string of the molecule is Cc1ccc(C(=O)OC(=O)c2ccc(C)c([N+](=O)[O-])c2)cc1[N+](=O)[O-]. The van der Waals surface area contributed by atoms with Crippen LogP contribution in [0.25, 0.3) is 0 Å². The van der Waals surface area contributed by atoms with Gasteiger partial charge in [-0.05, 0) is 26.0 Å². The number of ether oxygens (including phenoxy) is 1. The van der Waals surface area contributed by atoms with Crippen molar-refractivity contribution in [3.63, 3.8) is 0 Å². The highest BCUT2D eigenvalue weighted by Gasteiger charge is 2.21. The van der Waals surface area contributed by atoms with Crippen molar-refractivity contribution in [2.75, 3.05) is 0 Å². The maximum atomic E-state index is 12.0. The lowest BCUT2D eigenvalue weighted by Gasteiger charge is -2.05. The zero-order valence-electron chi connectivity index (χ0n) is 13.2. The van der Waals surface area contributed by atoms with Crippen molar-refractivity contribution >= 4 is 23.3 Å². The fourth-order valence-electron chi connectivity index (χ4n) is 2.07. The Hall–Kier alpha value is -3.62.